The Kier molecular flexibility index (Phi) is 2.93. The number of benzene rings is 1. The standard InChI is InChI=1S/C13H11N3S2/c1-17-10-4-9(6-15-7-10)8-2-3-11-12(5-8)18-13(14)16-11/h2-7H,1H3,(H2,14,16). The molecule has 0 unspecified atom stereocenters. The monoisotopic (exact) mass is 273 g/mol. The minimum Gasteiger partial charge on any atom is -0.375 e. The molecule has 0 saturated carbocycles. The van der Waals surface area contributed by atoms with Gasteiger partial charge in [0.25, 0.3) is 0 Å². The van der Waals surface area contributed by atoms with Gasteiger partial charge in [-0.25, -0.2) is 4.98 Å². The summed E-state index contributed by atoms with van der Waals surface area (Å²) < 4.78 is 1.11. The van der Waals surface area contributed by atoms with Gasteiger partial charge in [0.2, 0.25) is 0 Å². The number of hydrogen-bond acceptors (Lipinski definition) is 5. The summed E-state index contributed by atoms with van der Waals surface area (Å²) in [5.74, 6) is 0. The number of thioether (sulfide) groups is 1. The third-order valence-corrected chi connectivity index (χ3v) is 4.23. The number of rotatable bonds is 2. The van der Waals surface area contributed by atoms with Gasteiger partial charge in [0.15, 0.2) is 5.13 Å². The lowest BCUT2D eigenvalue weighted by Crippen LogP contribution is -1.82. The second kappa shape index (κ2) is 4.59. The average molecular weight is 273 g/mol. The molecule has 0 spiro atoms. The van der Waals surface area contributed by atoms with E-state index in [9.17, 15) is 0 Å². The van der Waals surface area contributed by atoms with Gasteiger partial charge >= 0.3 is 0 Å². The van der Waals surface area contributed by atoms with E-state index in [1.54, 1.807) is 11.8 Å². The molecule has 0 bridgehead atoms. The van der Waals surface area contributed by atoms with E-state index in [-0.39, 0.29) is 0 Å². The Hall–Kier alpha value is -1.59. The molecule has 0 aliphatic rings. The summed E-state index contributed by atoms with van der Waals surface area (Å²) in [5, 5.41) is 0.609. The molecule has 18 heavy (non-hydrogen) atoms. The minimum atomic E-state index is 0.609. The predicted molar refractivity (Wildman–Crippen MR) is 79.0 cm³/mol. The largest absolute Gasteiger partial charge is 0.375 e. The molecule has 2 heterocycles. The Morgan fingerprint density at radius 2 is 2.06 bits per heavy atom. The number of nitrogen functional groups attached to an aromatic ring is 1. The van der Waals surface area contributed by atoms with Crippen LogP contribution in [0.1, 0.15) is 0 Å². The zero-order chi connectivity index (χ0) is 12.5. The van der Waals surface area contributed by atoms with Gasteiger partial charge in [-0.05, 0) is 30.0 Å². The van der Waals surface area contributed by atoms with Gasteiger partial charge < -0.3 is 5.73 Å². The van der Waals surface area contributed by atoms with Crippen LogP contribution in [0.3, 0.4) is 0 Å². The average Bonchev–Trinajstić information content (AvgIpc) is 2.77. The summed E-state index contributed by atoms with van der Waals surface area (Å²) >= 11 is 3.21. The first-order valence-corrected chi connectivity index (χ1v) is 7.46. The Morgan fingerprint density at radius 1 is 1.17 bits per heavy atom. The summed E-state index contributed by atoms with van der Waals surface area (Å²) in [7, 11) is 0. The highest BCUT2D eigenvalue weighted by atomic mass is 32.2. The highest BCUT2D eigenvalue weighted by Gasteiger charge is 2.04. The molecule has 2 N–H and O–H groups in total. The summed E-state index contributed by atoms with van der Waals surface area (Å²) in [5.41, 5.74) is 8.94. The van der Waals surface area contributed by atoms with E-state index in [2.05, 4.69) is 28.2 Å². The van der Waals surface area contributed by atoms with Crippen LogP contribution < -0.4 is 5.73 Å². The van der Waals surface area contributed by atoms with Gasteiger partial charge in [-0.15, -0.1) is 11.8 Å². The van der Waals surface area contributed by atoms with Gasteiger partial charge in [-0.3, -0.25) is 4.98 Å². The van der Waals surface area contributed by atoms with Crippen LogP contribution in [0.15, 0.2) is 41.6 Å². The molecule has 0 fully saturated rings. The second-order valence-electron chi connectivity index (χ2n) is 3.85. The van der Waals surface area contributed by atoms with E-state index in [1.807, 2.05) is 24.7 Å². The lowest BCUT2D eigenvalue weighted by atomic mass is 10.1. The number of anilines is 1. The van der Waals surface area contributed by atoms with Crippen LogP contribution in [0.4, 0.5) is 5.13 Å². The summed E-state index contributed by atoms with van der Waals surface area (Å²) in [6.07, 6.45) is 5.80. The first-order valence-electron chi connectivity index (χ1n) is 5.42. The van der Waals surface area contributed by atoms with Crippen molar-refractivity contribution in [1.29, 1.82) is 0 Å². The molecule has 0 amide bonds. The van der Waals surface area contributed by atoms with Crippen molar-refractivity contribution in [2.45, 2.75) is 4.90 Å². The summed E-state index contributed by atoms with van der Waals surface area (Å²) in [6, 6.07) is 8.32. The third-order valence-electron chi connectivity index (χ3n) is 2.69. The normalized spacial score (nSPS) is 10.9. The molecule has 0 radical (unpaired) electrons. The van der Waals surface area contributed by atoms with Crippen molar-refractivity contribution in [3.05, 3.63) is 36.7 Å². The van der Waals surface area contributed by atoms with Gasteiger partial charge in [-0.1, -0.05) is 17.4 Å². The zero-order valence-corrected chi connectivity index (χ0v) is 11.4. The molecule has 0 saturated heterocycles. The van der Waals surface area contributed by atoms with E-state index in [4.69, 9.17) is 5.73 Å². The van der Waals surface area contributed by atoms with Crippen LogP contribution in [0.5, 0.6) is 0 Å². The lowest BCUT2D eigenvalue weighted by Gasteiger charge is -2.03. The van der Waals surface area contributed by atoms with Crippen molar-refractivity contribution in [1.82, 2.24) is 9.97 Å². The molecular weight excluding hydrogens is 262 g/mol. The maximum atomic E-state index is 5.72. The van der Waals surface area contributed by atoms with Crippen LogP contribution >= 0.6 is 23.1 Å². The molecule has 0 aliphatic heterocycles. The van der Waals surface area contributed by atoms with E-state index in [0.717, 1.165) is 26.2 Å². The van der Waals surface area contributed by atoms with E-state index in [1.165, 1.54) is 11.3 Å². The number of aromatic nitrogens is 2. The van der Waals surface area contributed by atoms with Gasteiger partial charge in [0, 0.05) is 22.9 Å². The Bertz CT molecular complexity index is 706. The van der Waals surface area contributed by atoms with Crippen molar-refractivity contribution >= 4 is 38.4 Å². The van der Waals surface area contributed by atoms with Gasteiger partial charge in [0.1, 0.15) is 0 Å². The fraction of sp³-hybridized carbons (Fsp3) is 0.0769. The minimum absolute atomic E-state index is 0.609. The Labute approximate surface area is 113 Å². The third kappa shape index (κ3) is 2.07. The lowest BCUT2D eigenvalue weighted by molar-refractivity contribution is 1.24. The van der Waals surface area contributed by atoms with Crippen molar-refractivity contribution in [2.75, 3.05) is 12.0 Å². The first-order chi connectivity index (χ1) is 8.76. The maximum absolute atomic E-state index is 5.72. The molecule has 90 valence electrons. The van der Waals surface area contributed by atoms with E-state index >= 15 is 0 Å². The number of pyridine rings is 1. The Morgan fingerprint density at radius 3 is 2.89 bits per heavy atom. The molecule has 3 rings (SSSR count). The fourth-order valence-electron chi connectivity index (χ4n) is 1.81. The molecular formula is C13H11N3S2. The SMILES string of the molecule is CSc1cncc(-c2ccc3nc(N)sc3c2)c1. The molecule has 0 atom stereocenters. The number of hydrogen-bond donors (Lipinski definition) is 1. The van der Waals surface area contributed by atoms with Crippen molar-refractivity contribution < 1.29 is 0 Å². The van der Waals surface area contributed by atoms with Gasteiger partial charge in [0.05, 0.1) is 10.2 Å². The molecule has 5 heteroatoms. The van der Waals surface area contributed by atoms with Gasteiger partial charge in [-0.2, -0.15) is 0 Å². The number of nitrogens with two attached hydrogens (primary N) is 1. The molecule has 3 aromatic rings. The highest BCUT2D eigenvalue weighted by Crippen LogP contribution is 2.30. The van der Waals surface area contributed by atoms with E-state index in [0.29, 0.717) is 5.13 Å². The Balaban J connectivity index is 2.12. The highest BCUT2D eigenvalue weighted by molar-refractivity contribution is 7.98. The number of thiazole rings is 1. The second-order valence-corrected chi connectivity index (χ2v) is 5.79. The summed E-state index contributed by atoms with van der Waals surface area (Å²) in [6.45, 7) is 0. The molecule has 2 aromatic heterocycles. The predicted octanol–water partition coefficient (Wildman–Crippen LogP) is 3.66. The van der Waals surface area contributed by atoms with E-state index < -0.39 is 0 Å². The van der Waals surface area contributed by atoms with Crippen LogP contribution in [0.2, 0.25) is 0 Å². The summed E-state index contributed by atoms with van der Waals surface area (Å²) in [4.78, 5) is 9.68. The quantitative estimate of drug-likeness (QED) is 0.724. The van der Waals surface area contributed by atoms with Crippen LogP contribution in [0.25, 0.3) is 21.3 Å². The van der Waals surface area contributed by atoms with Crippen LogP contribution in [-0.2, 0) is 0 Å². The molecule has 1 aromatic carbocycles. The smallest absolute Gasteiger partial charge is 0.181 e. The van der Waals surface area contributed by atoms with Crippen LogP contribution in [-0.4, -0.2) is 16.2 Å². The van der Waals surface area contributed by atoms with Crippen molar-refractivity contribution in [2.24, 2.45) is 0 Å². The fourth-order valence-corrected chi connectivity index (χ4v) is 2.99. The number of fused-ring (bicyclic) bond motifs is 1. The van der Waals surface area contributed by atoms with Crippen LogP contribution in [0, 0.1) is 0 Å². The molecule has 0 aliphatic carbocycles. The topological polar surface area (TPSA) is 51.8 Å². The zero-order valence-electron chi connectivity index (χ0n) is 9.75. The van der Waals surface area contributed by atoms with Crippen molar-refractivity contribution in [3.8, 4) is 11.1 Å². The molecule has 3 nitrogen and oxygen atoms in total. The first kappa shape index (κ1) is 11.5. The maximum Gasteiger partial charge on any atom is 0.181 e. The van der Waals surface area contributed by atoms with Crippen molar-refractivity contribution in [3.63, 3.8) is 0 Å². The number of nitrogens with zero attached hydrogens (tertiary/aromatic N) is 2.